The molecule has 0 unspecified atom stereocenters. The molecule has 0 spiro atoms. The van der Waals surface area contributed by atoms with E-state index in [-0.39, 0.29) is 0 Å². The van der Waals surface area contributed by atoms with Gasteiger partial charge in [0.2, 0.25) is 0 Å². The molecule has 0 saturated carbocycles. The van der Waals surface area contributed by atoms with E-state index in [1.807, 2.05) is 73.8 Å². The van der Waals surface area contributed by atoms with Crippen LogP contribution in [0.15, 0.2) is 225 Å². The molecule has 0 amide bonds. The lowest BCUT2D eigenvalue weighted by atomic mass is 9.91. The second-order valence-corrected chi connectivity index (χ2v) is 15.3. The van der Waals surface area contributed by atoms with E-state index in [2.05, 4.69) is 176 Å². The van der Waals surface area contributed by atoms with Gasteiger partial charge in [0.25, 0.3) is 0 Å². The number of aromatic nitrogens is 5. The van der Waals surface area contributed by atoms with Crippen molar-refractivity contribution in [3.05, 3.63) is 225 Å². The Morgan fingerprint density at radius 3 is 1.20 bits per heavy atom. The van der Waals surface area contributed by atoms with E-state index in [0.717, 1.165) is 83.6 Å². The fraction of sp³-hybridized carbons (Fsp3) is 0. The molecule has 0 aliphatic rings. The van der Waals surface area contributed by atoms with Crippen molar-refractivity contribution >= 4 is 21.8 Å². The van der Waals surface area contributed by atoms with E-state index in [9.17, 15) is 0 Å². The standard InChI is InChI=1S/C56H37N5/c1-2-12-52(13-3-1)61-55-15-5-4-14-53(55)54-33-44(16-17-56(54)61)47-29-45(40-8-6-10-42(26-40)50-31-48(34-59-36-50)38-18-22-57-23-19-38)28-46(30-47)41-9-7-11-43(27-41)51-32-49(35-60-37-51)39-20-24-58-25-21-39/h1-37H. The SMILES string of the molecule is c1ccc(-n2c3ccccc3c3cc(-c4cc(-c5cccc(-c6cncc(-c7ccncc7)c6)c5)cc(-c5cccc(-c6cncc(-c7ccncc7)c6)c5)c4)ccc32)cc1. The zero-order chi connectivity index (χ0) is 40.5. The first-order valence-corrected chi connectivity index (χ1v) is 20.4. The highest BCUT2D eigenvalue weighted by atomic mass is 15.0. The third-order valence-electron chi connectivity index (χ3n) is 11.5. The summed E-state index contributed by atoms with van der Waals surface area (Å²) >= 11 is 0. The first-order chi connectivity index (χ1) is 30.2. The predicted octanol–water partition coefficient (Wildman–Crippen LogP) is 14.0. The van der Waals surface area contributed by atoms with Gasteiger partial charge >= 0.3 is 0 Å². The van der Waals surface area contributed by atoms with Crippen LogP contribution in [0.1, 0.15) is 0 Å². The molecule has 0 bridgehead atoms. The summed E-state index contributed by atoms with van der Waals surface area (Å²) in [6.45, 7) is 0. The number of nitrogens with zero attached hydrogens (tertiary/aromatic N) is 5. The number of fused-ring (bicyclic) bond motifs is 3. The molecule has 0 N–H and O–H groups in total. The minimum atomic E-state index is 1.06. The van der Waals surface area contributed by atoms with Crippen molar-refractivity contribution in [2.45, 2.75) is 0 Å². The zero-order valence-electron chi connectivity index (χ0n) is 33.1. The molecule has 5 heteroatoms. The number of hydrogen-bond donors (Lipinski definition) is 0. The summed E-state index contributed by atoms with van der Waals surface area (Å²) in [7, 11) is 0. The van der Waals surface area contributed by atoms with Crippen LogP contribution < -0.4 is 0 Å². The van der Waals surface area contributed by atoms with E-state index in [1.54, 1.807) is 0 Å². The Kier molecular flexibility index (Phi) is 9.10. The van der Waals surface area contributed by atoms with Crippen molar-refractivity contribution in [3.63, 3.8) is 0 Å². The van der Waals surface area contributed by atoms with Gasteiger partial charge < -0.3 is 4.57 Å². The van der Waals surface area contributed by atoms with E-state index in [4.69, 9.17) is 0 Å². The molecule has 5 nitrogen and oxygen atoms in total. The fourth-order valence-corrected chi connectivity index (χ4v) is 8.49. The molecule has 0 saturated heterocycles. The summed E-state index contributed by atoms with van der Waals surface area (Å²) in [4.78, 5) is 17.7. The van der Waals surface area contributed by atoms with Crippen molar-refractivity contribution in [3.8, 4) is 83.6 Å². The predicted molar refractivity (Wildman–Crippen MR) is 250 cm³/mol. The summed E-state index contributed by atoms with van der Waals surface area (Å²) in [5, 5.41) is 2.45. The second kappa shape index (κ2) is 15.5. The molecule has 286 valence electrons. The maximum absolute atomic E-state index is 4.64. The van der Waals surface area contributed by atoms with Gasteiger partial charge in [0.15, 0.2) is 0 Å². The Hall–Kier alpha value is -8.28. The first kappa shape index (κ1) is 35.8. The van der Waals surface area contributed by atoms with Gasteiger partial charge in [0, 0.05) is 88.3 Å². The third-order valence-corrected chi connectivity index (χ3v) is 11.5. The second-order valence-electron chi connectivity index (χ2n) is 15.3. The molecule has 0 fully saturated rings. The van der Waals surface area contributed by atoms with E-state index in [1.165, 1.54) is 21.8 Å². The van der Waals surface area contributed by atoms with E-state index < -0.39 is 0 Å². The van der Waals surface area contributed by atoms with Crippen LogP contribution in [-0.2, 0) is 0 Å². The van der Waals surface area contributed by atoms with Crippen LogP contribution in [0, 0.1) is 0 Å². The van der Waals surface area contributed by atoms with Gasteiger partial charge in [-0.15, -0.1) is 0 Å². The Morgan fingerprint density at radius 1 is 0.246 bits per heavy atom. The van der Waals surface area contributed by atoms with Gasteiger partial charge in [-0.25, -0.2) is 0 Å². The van der Waals surface area contributed by atoms with Crippen molar-refractivity contribution < 1.29 is 0 Å². The lowest BCUT2D eigenvalue weighted by Gasteiger charge is -2.14. The number of pyridine rings is 4. The molecule has 11 rings (SSSR count). The molecule has 0 atom stereocenters. The maximum Gasteiger partial charge on any atom is 0.0541 e. The molecule has 11 aromatic rings. The average Bonchev–Trinajstić information content (AvgIpc) is 3.68. The summed E-state index contributed by atoms with van der Waals surface area (Å²) in [6, 6.07) is 63.3. The van der Waals surface area contributed by atoms with Crippen LogP contribution in [0.2, 0.25) is 0 Å². The van der Waals surface area contributed by atoms with Crippen LogP contribution in [0.5, 0.6) is 0 Å². The van der Waals surface area contributed by atoms with E-state index in [0.29, 0.717) is 0 Å². The topological polar surface area (TPSA) is 56.5 Å². The van der Waals surface area contributed by atoms with E-state index >= 15 is 0 Å². The molecular formula is C56H37N5. The van der Waals surface area contributed by atoms with Crippen molar-refractivity contribution in [2.75, 3.05) is 0 Å². The fourth-order valence-electron chi connectivity index (χ4n) is 8.49. The molecule has 0 aliphatic carbocycles. The van der Waals surface area contributed by atoms with Gasteiger partial charge in [-0.1, -0.05) is 78.9 Å². The number of hydrogen-bond acceptors (Lipinski definition) is 4. The van der Waals surface area contributed by atoms with Crippen LogP contribution in [0.4, 0.5) is 0 Å². The summed E-state index contributed by atoms with van der Waals surface area (Å²) in [5.74, 6) is 0. The smallest absolute Gasteiger partial charge is 0.0541 e. The monoisotopic (exact) mass is 779 g/mol. The lowest BCUT2D eigenvalue weighted by molar-refractivity contribution is 1.18. The first-order valence-electron chi connectivity index (χ1n) is 20.4. The molecule has 61 heavy (non-hydrogen) atoms. The molecule has 0 aliphatic heterocycles. The summed E-state index contributed by atoms with van der Waals surface area (Å²) < 4.78 is 2.37. The van der Waals surface area contributed by atoms with Gasteiger partial charge in [0.05, 0.1) is 11.0 Å². The van der Waals surface area contributed by atoms with Gasteiger partial charge in [-0.3, -0.25) is 19.9 Å². The van der Waals surface area contributed by atoms with Gasteiger partial charge in [-0.05, 0) is 153 Å². The van der Waals surface area contributed by atoms with Crippen LogP contribution in [-0.4, -0.2) is 24.5 Å². The maximum atomic E-state index is 4.64. The highest BCUT2D eigenvalue weighted by Crippen LogP contribution is 2.39. The number of rotatable bonds is 8. The summed E-state index contributed by atoms with van der Waals surface area (Å²) in [6.07, 6.45) is 15.0. The lowest BCUT2D eigenvalue weighted by Crippen LogP contribution is -1.93. The number of benzene rings is 6. The Morgan fingerprint density at radius 2 is 0.656 bits per heavy atom. The molecule has 6 aromatic carbocycles. The Labute approximate surface area is 354 Å². The minimum Gasteiger partial charge on any atom is -0.309 e. The zero-order valence-corrected chi connectivity index (χ0v) is 33.1. The highest BCUT2D eigenvalue weighted by Gasteiger charge is 2.15. The Balaban J connectivity index is 1.06. The molecular weight excluding hydrogens is 743 g/mol. The average molecular weight is 780 g/mol. The van der Waals surface area contributed by atoms with Crippen LogP contribution in [0.25, 0.3) is 105 Å². The normalized spacial score (nSPS) is 11.3. The van der Waals surface area contributed by atoms with Crippen molar-refractivity contribution in [1.82, 2.24) is 24.5 Å². The third kappa shape index (κ3) is 6.94. The number of para-hydroxylation sites is 2. The summed E-state index contributed by atoms with van der Waals surface area (Å²) in [5.41, 5.74) is 18.9. The van der Waals surface area contributed by atoms with Crippen molar-refractivity contribution in [1.29, 1.82) is 0 Å². The quantitative estimate of drug-likeness (QED) is 0.154. The molecule has 5 heterocycles. The Bertz CT molecular complexity index is 3210. The molecule has 0 radical (unpaired) electrons. The van der Waals surface area contributed by atoms with Gasteiger partial charge in [-0.2, -0.15) is 0 Å². The largest absolute Gasteiger partial charge is 0.309 e. The van der Waals surface area contributed by atoms with Crippen molar-refractivity contribution in [2.24, 2.45) is 0 Å². The van der Waals surface area contributed by atoms with Gasteiger partial charge in [0.1, 0.15) is 0 Å². The minimum absolute atomic E-state index is 1.06. The van der Waals surface area contributed by atoms with Crippen LogP contribution in [0.3, 0.4) is 0 Å². The van der Waals surface area contributed by atoms with Crippen LogP contribution >= 0.6 is 0 Å². The highest BCUT2D eigenvalue weighted by molar-refractivity contribution is 6.10. The molecule has 5 aromatic heterocycles.